The molecule has 0 radical (unpaired) electrons. The second kappa shape index (κ2) is 4.58. The Morgan fingerprint density at radius 2 is 1.87 bits per heavy atom. The van der Waals surface area contributed by atoms with Gasteiger partial charge in [-0.2, -0.15) is 0 Å². The molecule has 0 aromatic carbocycles. The lowest BCUT2D eigenvalue weighted by molar-refractivity contribution is 0.289. The highest BCUT2D eigenvalue weighted by molar-refractivity contribution is 7.05. The first-order valence-electron chi connectivity index (χ1n) is 5.37. The smallest absolute Gasteiger partial charge is 0.0829 e. The van der Waals surface area contributed by atoms with Crippen LogP contribution in [0, 0.1) is 5.41 Å². The molecule has 1 atom stereocenters. The summed E-state index contributed by atoms with van der Waals surface area (Å²) in [5, 5.41) is 7.60. The van der Waals surface area contributed by atoms with E-state index in [0.29, 0.717) is 12.0 Å². The molecule has 0 saturated carbocycles. The summed E-state index contributed by atoms with van der Waals surface area (Å²) in [5.41, 5.74) is 1.32. The lowest BCUT2D eigenvalue weighted by atomic mass is 9.84. The van der Waals surface area contributed by atoms with Crippen LogP contribution in [0.25, 0.3) is 0 Å². The van der Waals surface area contributed by atoms with Gasteiger partial charge in [-0.15, -0.1) is 5.10 Å². The van der Waals surface area contributed by atoms with Crippen LogP contribution in [0.2, 0.25) is 0 Å². The number of nitrogens with zero attached hydrogens (tertiary/aromatic N) is 2. The molecule has 1 aromatic rings. The van der Waals surface area contributed by atoms with Gasteiger partial charge in [0, 0.05) is 6.04 Å². The molecule has 0 aliphatic carbocycles. The van der Waals surface area contributed by atoms with E-state index < -0.39 is 0 Å². The van der Waals surface area contributed by atoms with Gasteiger partial charge in [0.05, 0.1) is 10.6 Å². The van der Waals surface area contributed by atoms with Gasteiger partial charge >= 0.3 is 0 Å². The Morgan fingerprint density at radius 1 is 1.27 bits per heavy atom. The number of hydrogen-bond donors (Lipinski definition) is 1. The molecule has 0 aliphatic heterocycles. The fourth-order valence-electron chi connectivity index (χ4n) is 1.76. The van der Waals surface area contributed by atoms with Crippen molar-refractivity contribution in [3.63, 3.8) is 0 Å². The van der Waals surface area contributed by atoms with Crippen molar-refractivity contribution in [1.29, 1.82) is 0 Å². The van der Waals surface area contributed by atoms with Gasteiger partial charge in [-0.05, 0) is 29.9 Å². The summed E-state index contributed by atoms with van der Waals surface area (Å²) in [5.74, 6) is 0.442. The van der Waals surface area contributed by atoms with Crippen molar-refractivity contribution in [3.8, 4) is 0 Å². The van der Waals surface area contributed by atoms with Gasteiger partial charge in [0.2, 0.25) is 0 Å². The Kier molecular flexibility index (Phi) is 3.84. The van der Waals surface area contributed by atoms with E-state index in [0.717, 1.165) is 5.69 Å². The molecular weight excluding hydrogens is 206 g/mol. The molecule has 86 valence electrons. The fraction of sp³-hybridized carbons (Fsp3) is 0.818. The molecule has 0 aliphatic rings. The first-order valence-corrected chi connectivity index (χ1v) is 6.14. The molecule has 1 heterocycles. The SMILES string of the molecule is CNC(c1snnc1C(C)C)C(C)(C)C. The highest BCUT2D eigenvalue weighted by Crippen LogP contribution is 2.37. The van der Waals surface area contributed by atoms with Crippen molar-refractivity contribution in [1.82, 2.24) is 14.9 Å². The molecule has 3 nitrogen and oxygen atoms in total. The van der Waals surface area contributed by atoms with Gasteiger partial charge in [0.25, 0.3) is 0 Å². The van der Waals surface area contributed by atoms with E-state index in [1.165, 1.54) is 16.4 Å². The summed E-state index contributed by atoms with van der Waals surface area (Å²) in [6.07, 6.45) is 0. The minimum absolute atomic E-state index is 0.187. The maximum Gasteiger partial charge on any atom is 0.0829 e. The number of rotatable bonds is 3. The molecule has 15 heavy (non-hydrogen) atoms. The van der Waals surface area contributed by atoms with Crippen molar-refractivity contribution >= 4 is 11.5 Å². The molecule has 1 unspecified atom stereocenters. The Hall–Kier alpha value is -0.480. The Morgan fingerprint density at radius 3 is 2.27 bits per heavy atom. The highest BCUT2D eigenvalue weighted by Gasteiger charge is 2.29. The highest BCUT2D eigenvalue weighted by atomic mass is 32.1. The Bertz CT molecular complexity index is 312. The van der Waals surface area contributed by atoms with E-state index in [2.05, 4.69) is 49.5 Å². The van der Waals surface area contributed by atoms with Crippen LogP contribution in [0.4, 0.5) is 0 Å². The lowest BCUT2D eigenvalue weighted by Crippen LogP contribution is -2.29. The van der Waals surface area contributed by atoms with Crippen LogP contribution < -0.4 is 5.32 Å². The van der Waals surface area contributed by atoms with Gasteiger partial charge in [0.1, 0.15) is 0 Å². The number of nitrogens with one attached hydrogen (secondary N) is 1. The maximum atomic E-state index is 4.23. The van der Waals surface area contributed by atoms with Crippen LogP contribution in [0.15, 0.2) is 0 Å². The van der Waals surface area contributed by atoms with E-state index in [-0.39, 0.29) is 5.41 Å². The van der Waals surface area contributed by atoms with Crippen LogP contribution in [0.1, 0.15) is 57.1 Å². The van der Waals surface area contributed by atoms with E-state index in [1.54, 1.807) is 0 Å². The monoisotopic (exact) mass is 227 g/mol. The van der Waals surface area contributed by atoms with Gasteiger partial charge in [-0.25, -0.2) is 0 Å². The van der Waals surface area contributed by atoms with E-state index in [1.807, 2.05) is 7.05 Å². The molecule has 1 N–H and O–H groups in total. The van der Waals surface area contributed by atoms with Crippen molar-refractivity contribution in [2.24, 2.45) is 5.41 Å². The fourth-order valence-corrected chi connectivity index (χ4v) is 2.93. The minimum Gasteiger partial charge on any atom is -0.312 e. The van der Waals surface area contributed by atoms with Crippen LogP contribution in [0.5, 0.6) is 0 Å². The van der Waals surface area contributed by atoms with Gasteiger partial charge in [-0.1, -0.05) is 39.1 Å². The second-order valence-electron chi connectivity index (χ2n) is 5.26. The molecule has 4 heteroatoms. The molecule has 1 rings (SSSR count). The lowest BCUT2D eigenvalue weighted by Gasteiger charge is -2.30. The molecule has 0 amide bonds. The Labute approximate surface area is 96.5 Å². The zero-order chi connectivity index (χ0) is 11.6. The zero-order valence-electron chi connectivity index (χ0n) is 10.5. The van der Waals surface area contributed by atoms with Gasteiger partial charge < -0.3 is 5.32 Å². The first kappa shape index (κ1) is 12.6. The van der Waals surface area contributed by atoms with Crippen LogP contribution in [0.3, 0.4) is 0 Å². The van der Waals surface area contributed by atoms with Crippen LogP contribution in [-0.2, 0) is 0 Å². The topological polar surface area (TPSA) is 37.8 Å². The second-order valence-corrected chi connectivity index (χ2v) is 6.05. The van der Waals surface area contributed by atoms with Gasteiger partial charge in [0.15, 0.2) is 0 Å². The summed E-state index contributed by atoms with van der Waals surface area (Å²) >= 11 is 1.51. The maximum absolute atomic E-state index is 4.23. The predicted octanol–water partition coefficient (Wildman–Crippen LogP) is 2.97. The summed E-state index contributed by atoms with van der Waals surface area (Å²) in [7, 11) is 2.00. The summed E-state index contributed by atoms with van der Waals surface area (Å²) in [6, 6.07) is 0.329. The van der Waals surface area contributed by atoms with Crippen molar-refractivity contribution in [3.05, 3.63) is 10.6 Å². The zero-order valence-corrected chi connectivity index (χ0v) is 11.3. The third kappa shape index (κ3) is 2.75. The standard InChI is InChI=1S/C11H21N3S/c1-7(2)8-9(15-14-13-8)10(12-6)11(3,4)5/h7,10,12H,1-6H3. The van der Waals surface area contributed by atoms with Crippen LogP contribution in [-0.4, -0.2) is 16.6 Å². The molecule has 0 saturated heterocycles. The van der Waals surface area contributed by atoms with E-state index >= 15 is 0 Å². The van der Waals surface area contributed by atoms with Gasteiger partial charge in [-0.3, -0.25) is 0 Å². The predicted molar refractivity (Wildman–Crippen MR) is 65.3 cm³/mol. The first-order chi connectivity index (χ1) is 6.88. The van der Waals surface area contributed by atoms with Crippen molar-refractivity contribution < 1.29 is 0 Å². The summed E-state index contributed by atoms with van der Waals surface area (Å²) in [4.78, 5) is 1.28. The number of hydrogen-bond acceptors (Lipinski definition) is 4. The minimum atomic E-state index is 0.187. The molecule has 1 aromatic heterocycles. The number of aromatic nitrogens is 2. The van der Waals surface area contributed by atoms with Crippen LogP contribution >= 0.6 is 11.5 Å². The average molecular weight is 227 g/mol. The van der Waals surface area contributed by atoms with E-state index in [9.17, 15) is 0 Å². The molecular formula is C11H21N3S. The average Bonchev–Trinajstić information content (AvgIpc) is 2.51. The molecule has 0 fully saturated rings. The third-order valence-electron chi connectivity index (χ3n) is 2.50. The molecule has 0 spiro atoms. The summed E-state index contributed by atoms with van der Waals surface area (Å²) in [6.45, 7) is 11.0. The normalized spacial score (nSPS) is 14.6. The van der Waals surface area contributed by atoms with Crippen molar-refractivity contribution in [2.45, 2.75) is 46.6 Å². The third-order valence-corrected chi connectivity index (χ3v) is 3.31. The quantitative estimate of drug-likeness (QED) is 0.862. The van der Waals surface area contributed by atoms with Crippen molar-refractivity contribution in [2.75, 3.05) is 7.05 Å². The summed E-state index contributed by atoms with van der Waals surface area (Å²) < 4.78 is 4.08. The Balaban J connectivity index is 3.07. The van der Waals surface area contributed by atoms with E-state index in [4.69, 9.17) is 0 Å². The molecule has 0 bridgehead atoms. The largest absolute Gasteiger partial charge is 0.312 e.